The van der Waals surface area contributed by atoms with Gasteiger partial charge in [-0.05, 0) is 33.1 Å². The predicted octanol–water partition coefficient (Wildman–Crippen LogP) is 1.11. The second kappa shape index (κ2) is 6.58. The second-order valence-electron chi connectivity index (χ2n) is 5.26. The van der Waals surface area contributed by atoms with Crippen LogP contribution in [0.5, 0.6) is 0 Å². The molecule has 1 heterocycles. The van der Waals surface area contributed by atoms with Gasteiger partial charge in [0.2, 0.25) is 0 Å². The quantitative estimate of drug-likeness (QED) is 0.689. The molecule has 1 saturated heterocycles. The smallest absolute Gasteiger partial charge is 0.315 e. The van der Waals surface area contributed by atoms with Crippen LogP contribution >= 0.6 is 0 Å². The minimum absolute atomic E-state index is 0.0462. The standard InChI is InChI=1S/C12H22N2O4/c1-12(2,6-3-10(15)16)14-11(17)13-9-4-7-18-8-5-9/h9H,3-8H2,1-2H3,(H,15,16)(H2,13,14,17). The number of carboxylic acid groups (broad SMARTS) is 1. The third-order valence-electron chi connectivity index (χ3n) is 2.97. The first-order valence-corrected chi connectivity index (χ1v) is 6.27. The Labute approximate surface area is 107 Å². The topological polar surface area (TPSA) is 87.7 Å². The lowest BCUT2D eigenvalue weighted by Gasteiger charge is -2.29. The molecule has 0 atom stereocenters. The number of hydrogen-bond donors (Lipinski definition) is 3. The van der Waals surface area contributed by atoms with Crippen molar-refractivity contribution in [2.24, 2.45) is 0 Å². The van der Waals surface area contributed by atoms with Crippen LogP contribution in [0.2, 0.25) is 0 Å². The molecule has 0 aromatic carbocycles. The Morgan fingerprint density at radius 1 is 1.33 bits per heavy atom. The molecule has 0 radical (unpaired) electrons. The molecule has 0 aromatic heterocycles. The van der Waals surface area contributed by atoms with Crippen molar-refractivity contribution in [1.82, 2.24) is 10.6 Å². The minimum Gasteiger partial charge on any atom is -0.481 e. The summed E-state index contributed by atoms with van der Waals surface area (Å²) in [6.45, 7) is 4.99. The van der Waals surface area contributed by atoms with Crippen molar-refractivity contribution in [3.63, 3.8) is 0 Å². The summed E-state index contributed by atoms with van der Waals surface area (Å²) >= 11 is 0. The first-order valence-electron chi connectivity index (χ1n) is 6.27. The van der Waals surface area contributed by atoms with Crippen LogP contribution in [-0.2, 0) is 9.53 Å². The maximum absolute atomic E-state index is 11.8. The maximum atomic E-state index is 11.8. The van der Waals surface area contributed by atoms with E-state index in [-0.39, 0.29) is 18.5 Å². The molecule has 1 fully saturated rings. The van der Waals surface area contributed by atoms with E-state index in [2.05, 4.69) is 10.6 Å². The van der Waals surface area contributed by atoms with Crippen molar-refractivity contribution in [1.29, 1.82) is 0 Å². The summed E-state index contributed by atoms with van der Waals surface area (Å²) in [6.07, 6.45) is 2.10. The van der Waals surface area contributed by atoms with Crippen LogP contribution in [0.3, 0.4) is 0 Å². The molecule has 2 amide bonds. The molecule has 3 N–H and O–H groups in total. The Balaban J connectivity index is 2.30. The number of carbonyl (C=O) groups is 2. The number of hydrogen-bond acceptors (Lipinski definition) is 3. The Kier molecular flexibility index (Phi) is 5.40. The maximum Gasteiger partial charge on any atom is 0.315 e. The van der Waals surface area contributed by atoms with E-state index < -0.39 is 11.5 Å². The van der Waals surface area contributed by atoms with E-state index in [0.29, 0.717) is 19.6 Å². The van der Waals surface area contributed by atoms with Crippen molar-refractivity contribution < 1.29 is 19.4 Å². The highest BCUT2D eigenvalue weighted by Crippen LogP contribution is 2.11. The largest absolute Gasteiger partial charge is 0.481 e. The molecule has 1 rings (SSSR count). The Hall–Kier alpha value is -1.30. The second-order valence-corrected chi connectivity index (χ2v) is 5.26. The molecule has 0 saturated carbocycles. The van der Waals surface area contributed by atoms with Gasteiger partial charge >= 0.3 is 12.0 Å². The van der Waals surface area contributed by atoms with Gasteiger partial charge in [-0.1, -0.05) is 0 Å². The van der Waals surface area contributed by atoms with Gasteiger partial charge in [-0.25, -0.2) is 4.79 Å². The van der Waals surface area contributed by atoms with Crippen molar-refractivity contribution in [3.05, 3.63) is 0 Å². The third kappa shape index (κ3) is 5.86. The van der Waals surface area contributed by atoms with Crippen LogP contribution in [0.15, 0.2) is 0 Å². The summed E-state index contributed by atoms with van der Waals surface area (Å²) in [5.74, 6) is -0.852. The number of aliphatic carboxylic acids is 1. The molecule has 6 nitrogen and oxygen atoms in total. The number of rotatable bonds is 5. The number of nitrogens with one attached hydrogen (secondary N) is 2. The number of carbonyl (C=O) groups excluding carboxylic acids is 1. The molecular weight excluding hydrogens is 236 g/mol. The van der Waals surface area contributed by atoms with Crippen LogP contribution in [0.1, 0.15) is 39.5 Å². The number of ether oxygens (including phenoxy) is 1. The summed E-state index contributed by atoms with van der Waals surface area (Å²) < 4.78 is 5.21. The zero-order chi connectivity index (χ0) is 13.6. The van der Waals surface area contributed by atoms with Gasteiger partial charge < -0.3 is 20.5 Å². The number of amides is 2. The molecule has 6 heteroatoms. The molecule has 0 aromatic rings. The predicted molar refractivity (Wildman–Crippen MR) is 66.5 cm³/mol. The zero-order valence-corrected chi connectivity index (χ0v) is 11.0. The summed E-state index contributed by atoms with van der Waals surface area (Å²) in [6, 6.07) is -0.0914. The minimum atomic E-state index is -0.852. The lowest BCUT2D eigenvalue weighted by Crippen LogP contribution is -2.52. The van der Waals surface area contributed by atoms with Gasteiger partial charge in [-0.2, -0.15) is 0 Å². The molecule has 1 aliphatic rings. The lowest BCUT2D eigenvalue weighted by atomic mass is 9.99. The highest BCUT2D eigenvalue weighted by molar-refractivity contribution is 5.75. The van der Waals surface area contributed by atoms with Gasteiger partial charge in [0.25, 0.3) is 0 Å². The molecule has 0 aliphatic carbocycles. The van der Waals surface area contributed by atoms with E-state index in [0.717, 1.165) is 12.8 Å². The fraction of sp³-hybridized carbons (Fsp3) is 0.833. The van der Waals surface area contributed by atoms with E-state index in [1.54, 1.807) is 0 Å². The van der Waals surface area contributed by atoms with E-state index >= 15 is 0 Å². The molecule has 0 bridgehead atoms. The zero-order valence-electron chi connectivity index (χ0n) is 11.0. The normalized spacial score (nSPS) is 17.2. The van der Waals surface area contributed by atoms with Crippen LogP contribution in [0.25, 0.3) is 0 Å². The molecular formula is C12H22N2O4. The highest BCUT2D eigenvalue weighted by Gasteiger charge is 2.23. The van der Waals surface area contributed by atoms with Crippen LogP contribution < -0.4 is 10.6 Å². The first kappa shape index (κ1) is 14.8. The van der Waals surface area contributed by atoms with Gasteiger partial charge in [0.05, 0.1) is 0 Å². The molecule has 104 valence electrons. The Morgan fingerprint density at radius 3 is 2.50 bits per heavy atom. The number of urea groups is 1. The van der Waals surface area contributed by atoms with Gasteiger partial charge in [0.1, 0.15) is 0 Å². The van der Waals surface area contributed by atoms with Gasteiger partial charge in [0, 0.05) is 31.2 Å². The van der Waals surface area contributed by atoms with E-state index in [9.17, 15) is 9.59 Å². The lowest BCUT2D eigenvalue weighted by molar-refractivity contribution is -0.137. The van der Waals surface area contributed by atoms with Gasteiger partial charge in [-0.3, -0.25) is 4.79 Å². The fourth-order valence-electron chi connectivity index (χ4n) is 1.85. The number of carboxylic acids is 1. The van der Waals surface area contributed by atoms with E-state index in [4.69, 9.17) is 9.84 Å². The summed E-state index contributed by atoms with van der Waals surface area (Å²) in [5, 5.41) is 14.3. The Bertz CT molecular complexity index is 298. The van der Waals surface area contributed by atoms with Crippen LogP contribution in [0.4, 0.5) is 4.79 Å². The van der Waals surface area contributed by atoms with E-state index in [1.165, 1.54) is 0 Å². The monoisotopic (exact) mass is 258 g/mol. The van der Waals surface area contributed by atoms with Gasteiger partial charge in [-0.15, -0.1) is 0 Å². The van der Waals surface area contributed by atoms with Crippen molar-refractivity contribution >= 4 is 12.0 Å². The summed E-state index contributed by atoms with van der Waals surface area (Å²) in [4.78, 5) is 22.3. The highest BCUT2D eigenvalue weighted by atomic mass is 16.5. The van der Waals surface area contributed by atoms with Crippen LogP contribution in [0, 0.1) is 0 Å². The van der Waals surface area contributed by atoms with E-state index in [1.807, 2.05) is 13.8 Å². The molecule has 18 heavy (non-hydrogen) atoms. The SMILES string of the molecule is CC(C)(CCC(=O)O)NC(=O)NC1CCOCC1. The Morgan fingerprint density at radius 2 is 1.94 bits per heavy atom. The van der Waals surface area contributed by atoms with Gasteiger partial charge in [0.15, 0.2) is 0 Å². The van der Waals surface area contributed by atoms with Crippen LogP contribution in [-0.4, -0.2) is 41.9 Å². The third-order valence-corrected chi connectivity index (χ3v) is 2.97. The molecule has 1 aliphatic heterocycles. The molecule has 0 unspecified atom stereocenters. The van der Waals surface area contributed by atoms with Crippen molar-refractivity contribution in [3.8, 4) is 0 Å². The fourth-order valence-corrected chi connectivity index (χ4v) is 1.85. The average molecular weight is 258 g/mol. The first-order chi connectivity index (χ1) is 8.39. The summed E-state index contributed by atoms with van der Waals surface area (Å²) in [7, 11) is 0. The van der Waals surface area contributed by atoms with Crippen molar-refractivity contribution in [2.75, 3.05) is 13.2 Å². The average Bonchev–Trinajstić information content (AvgIpc) is 2.27. The molecule has 0 spiro atoms. The van der Waals surface area contributed by atoms with Crippen molar-refractivity contribution in [2.45, 2.75) is 51.1 Å². The summed E-state index contributed by atoms with van der Waals surface area (Å²) in [5.41, 5.74) is -0.520.